The quantitative estimate of drug-likeness (QED) is 0.287. The highest BCUT2D eigenvalue weighted by molar-refractivity contribution is 5.97. The lowest BCUT2D eigenvalue weighted by atomic mass is 10.0. The Morgan fingerprint density at radius 1 is 0.816 bits per heavy atom. The summed E-state index contributed by atoms with van der Waals surface area (Å²) in [6.07, 6.45) is 1.58. The number of fused-ring (bicyclic) bond motifs is 1. The van der Waals surface area contributed by atoms with Crippen molar-refractivity contribution in [3.05, 3.63) is 108 Å². The summed E-state index contributed by atoms with van der Waals surface area (Å²) in [4.78, 5) is 30.4. The molecule has 5 rings (SSSR count). The van der Waals surface area contributed by atoms with Gasteiger partial charge in [-0.15, -0.1) is 0 Å². The molecule has 1 aliphatic rings. The maximum absolute atomic E-state index is 13.6. The molecule has 0 unspecified atom stereocenters. The fraction of sp³-hybridized carbons (Fsp3) is 0.226. The molecule has 1 aliphatic heterocycles. The van der Waals surface area contributed by atoms with Crippen LogP contribution in [0.25, 0.3) is 11.1 Å². The van der Waals surface area contributed by atoms with E-state index in [-0.39, 0.29) is 37.7 Å². The average Bonchev–Trinajstić information content (AvgIpc) is 3.63. The highest BCUT2D eigenvalue weighted by atomic mass is 16.7. The molecule has 4 aromatic rings. The molecule has 1 aromatic heterocycles. The molecule has 3 aromatic carbocycles. The Morgan fingerprint density at radius 3 is 2.26 bits per heavy atom. The molecule has 2 amide bonds. The maximum atomic E-state index is 13.6. The smallest absolute Gasteiger partial charge is 0.254 e. The summed E-state index contributed by atoms with van der Waals surface area (Å²) in [6, 6.07) is 26.6. The van der Waals surface area contributed by atoms with Crippen LogP contribution in [-0.2, 0) is 17.9 Å². The summed E-state index contributed by atoms with van der Waals surface area (Å²) < 4.78 is 16.4. The zero-order valence-electron chi connectivity index (χ0n) is 21.5. The number of ether oxygens (including phenoxy) is 2. The number of carbonyl (C=O) groups excluding carboxylic acids is 2. The molecular weight excluding hydrogens is 480 g/mol. The van der Waals surface area contributed by atoms with Crippen LogP contribution >= 0.6 is 0 Å². The van der Waals surface area contributed by atoms with Gasteiger partial charge >= 0.3 is 0 Å². The number of furan rings is 1. The van der Waals surface area contributed by atoms with Crippen molar-refractivity contribution in [1.82, 2.24) is 9.80 Å². The molecule has 7 heteroatoms. The Balaban J connectivity index is 1.33. The summed E-state index contributed by atoms with van der Waals surface area (Å²) in [5.41, 5.74) is 3.55. The SMILES string of the molecule is CC(C)N(CC(=O)N(Cc1ccc2c(c1)OCO2)Cc1ccco1)C(=O)c1ccc(-c2ccccc2)cc1. The highest BCUT2D eigenvalue weighted by Gasteiger charge is 2.26. The van der Waals surface area contributed by atoms with Gasteiger partial charge in [-0.3, -0.25) is 9.59 Å². The predicted molar refractivity (Wildman–Crippen MR) is 144 cm³/mol. The van der Waals surface area contributed by atoms with Gasteiger partial charge in [-0.1, -0.05) is 48.5 Å². The van der Waals surface area contributed by atoms with E-state index >= 15 is 0 Å². The van der Waals surface area contributed by atoms with Gasteiger partial charge in [0.1, 0.15) is 12.3 Å². The molecule has 0 saturated heterocycles. The van der Waals surface area contributed by atoms with Gasteiger partial charge in [-0.25, -0.2) is 0 Å². The summed E-state index contributed by atoms with van der Waals surface area (Å²) in [5.74, 6) is 1.65. The van der Waals surface area contributed by atoms with E-state index in [2.05, 4.69) is 0 Å². The summed E-state index contributed by atoms with van der Waals surface area (Å²) in [7, 11) is 0. The first-order chi connectivity index (χ1) is 18.5. The number of amides is 2. The minimum atomic E-state index is -0.186. The van der Waals surface area contributed by atoms with Crippen LogP contribution < -0.4 is 9.47 Å². The molecule has 0 radical (unpaired) electrons. The lowest BCUT2D eigenvalue weighted by Crippen LogP contribution is -2.45. The first-order valence-electron chi connectivity index (χ1n) is 12.6. The van der Waals surface area contributed by atoms with Crippen molar-refractivity contribution in [2.75, 3.05) is 13.3 Å². The molecule has 38 heavy (non-hydrogen) atoms. The number of hydrogen-bond donors (Lipinski definition) is 0. The van der Waals surface area contributed by atoms with Crippen LogP contribution in [0.2, 0.25) is 0 Å². The Bertz CT molecular complexity index is 1380. The third-order valence-corrected chi connectivity index (χ3v) is 6.52. The molecule has 2 heterocycles. The lowest BCUT2D eigenvalue weighted by Gasteiger charge is -2.30. The second-order valence-corrected chi connectivity index (χ2v) is 9.49. The number of nitrogens with zero attached hydrogens (tertiary/aromatic N) is 2. The van der Waals surface area contributed by atoms with E-state index in [0.29, 0.717) is 29.4 Å². The molecule has 0 spiro atoms. The van der Waals surface area contributed by atoms with Crippen molar-refractivity contribution in [3.8, 4) is 22.6 Å². The number of benzene rings is 3. The van der Waals surface area contributed by atoms with Crippen LogP contribution in [0.4, 0.5) is 0 Å². The van der Waals surface area contributed by atoms with Crippen molar-refractivity contribution in [3.63, 3.8) is 0 Å². The zero-order valence-corrected chi connectivity index (χ0v) is 21.5. The second-order valence-electron chi connectivity index (χ2n) is 9.49. The van der Waals surface area contributed by atoms with Crippen molar-refractivity contribution in [2.45, 2.75) is 33.0 Å². The third-order valence-electron chi connectivity index (χ3n) is 6.52. The average molecular weight is 511 g/mol. The van der Waals surface area contributed by atoms with E-state index in [1.54, 1.807) is 22.1 Å². The van der Waals surface area contributed by atoms with E-state index in [0.717, 1.165) is 16.7 Å². The van der Waals surface area contributed by atoms with Crippen molar-refractivity contribution in [1.29, 1.82) is 0 Å². The minimum Gasteiger partial charge on any atom is -0.467 e. The standard InChI is InChI=1S/C31H30N2O5/c1-22(2)33(31(35)26-13-11-25(12-14-26)24-7-4-3-5-8-24)20-30(34)32(19-27-9-6-16-36-27)18-23-10-15-28-29(17-23)38-21-37-28/h3-17,22H,18-21H2,1-2H3. The molecule has 7 nitrogen and oxygen atoms in total. The van der Waals surface area contributed by atoms with Gasteiger partial charge in [0, 0.05) is 18.2 Å². The zero-order chi connectivity index (χ0) is 26.5. The summed E-state index contributed by atoms with van der Waals surface area (Å²) >= 11 is 0. The Kier molecular flexibility index (Phi) is 7.45. The van der Waals surface area contributed by atoms with E-state index in [4.69, 9.17) is 13.9 Å². The topological polar surface area (TPSA) is 72.2 Å². The summed E-state index contributed by atoms with van der Waals surface area (Å²) in [6.45, 7) is 4.58. The van der Waals surface area contributed by atoms with Crippen LogP contribution in [0.1, 0.15) is 35.5 Å². The predicted octanol–water partition coefficient (Wildman–Crippen LogP) is 5.75. The Labute approximate surface area is 222 Å². The van der Waals surface area contributed by atoms with Gasteiger partial charge in [0.05, 0.1) is 12.8 Å². The van der Waals surface area contributed by atoms with E-state index in [9.17, 15) is 9.59 Å². The monoisotopic (exact) mass is 510 g/mol. The first-order valence-corrected chi connectivity index (χ1v) is 12.6. The molecular formula is C31H30N2O5. The Hall–Kier alpha value is -4.52. The summed E-state index contributed by atoms with van der Waals surface area (Å²) in [5, 5.41) is 0. The van der Waals surface area contributed by atoms with E-state index in [1.165, 1.54) is 0 Å². The fourth-order valence-corrected chi connectivity index (χ4v) is 4.42. The largest absolute Gasteiger partial charge is 0.467 e. The minimum absolute atomic E-state index is 0.0534. The van der Waals surface area contributed by atoms with E-state index < -0.39 is 0 Å². The molecule has 0 fully saturated rings. The van der Waals surface area contributed by atoms with Crippen LogP contribution in [0.15, 0.2) is 95.6 Å². The van der Waals surface area contributed by atoms with Gasteiger partial charge in [0.15, 0.2) is 11.5 Å². The van der Waals surface area contributed by atoms with Gasteiger partial charge in [0.25, 0.3) is 5.91 Å². The molecule has 0 bridgehead atoms. The number of carbonyl (C=O) groups is 2. The molecule has 0 atom stereocenters. The molecule has 0 N–H and O–H groups in total. The van der Waals surface area contributed by atoms with Gasteiger partial charge < -0.3 is 23.7 Å². The Morgan fingerprint density at radius 2 is 1.55 bits per heavy atom. The molecule has 0 aliphatic carbocycles. The van der Waals surface area contributed by atoms with Crippen LogP contribution in [0, 0.1) is 0 Å². The second kappa shape index (κ2) is 11.3. The molecule has 0 saturated carbocycles. The van der Waals surface area contributed by atoms with Crippen LogP contribution in [-0.4, -0.2) is 41.0 Å². The third kappa shape index (κ3) is 5.72. The fourth-order valence-electron chi connectivity index (χ4n) is 4.42. The van der Waals surface area contributed by atoms with Crippen LogP contribution in [0.3, 0.4) is 0 Å². The normalized spacial score (nSPS) is 12.0. The van der Waals surface area contributed by atoms with Crippen molar-refractivity contribution in [2.24, 2.45) is 0 Å². The molecule has 194 valence electrons. The van der Waals surface area contributed by atoms with Crippen LogP contribution in [0.5, 0.6) is 11.5 Å². The number of hydrogen-bond acceptors (Lipinski definition) is 5. The highest BCUT2D eigenvalue weighted by Crippen LogP contribution is 2.33. The van der Waals surface area contributed by atoms with Crippen molar-refractivity contribution < 1.29 is 23.5 Å². The van der Waals surface area contributed by atoms with E-state index in [1.807, 2.05) is 92.7 Å². The number of rotatable bonds is 9. The van der Waals surface area contributed by atoms with Gasteiger partial charge in [-0.05, 0) is 66.9 Å². The van der Waals surface area contributed by atoms with Gasteiger partial charge in [0.2, 0.25) is 12.7 Å². The van der Waals surface area contributed by atoms with Gasteiger partial charge in [-0.2, -0.15) is 0 Å². The van der Waals surface area contributed by atoms with Crippen molar-refractivity contribution >= 4 is 11.8 Å². The lowest BCUT2D eigenvalue weighted by molar-refractivity contribution is -0.133. The maximum Gasteiger partial charge on any atom is 0.254 e. The first kappa shape index (κ1) is 25.1.